The van der Waals surface area contributed by atoms with Crippen LogP contribution in [0.3, 0.4) is 0 Å². The van der Waals surface area contributed by atoms with Crippen molar-refractivity contribution in [3.8, 4) is 0 Å². The van der Waals surface area contributed by atoms with Gasteiger partial charge in [-0.05, 0) is 19.3 Å². The summed E-state index contributed by atoms with van der Waals surface area (Å²) < 4.78 is 43.6. The first kappa shape index (κ1) is 17.8. The maximum atomic E-state index is 12.7. The van der Waals surface area contributed by atoms with Gasteiger partial charge in [-0.2, -0.15) is 4.31 Å². The van der Waals surface area contributed by atoms with Crippen molar-refractivity contribution < 1.29 is 22.3 Å². The van der Waals surface area contributed by atoms with Gasteiger partial charge >= 0.3 is 0 Å². The van der Waals surface area contributed by atoms with Gasteiger partial charge in [0.2, 0.25) is 21.8 Å². The fraction of sp³-hybridized carbons (Fsp3) is 0.867. The van der Waals surface area contributed by atoms with Crippen LogP contribution < -0.4 is 0 Å². The van der Waals surface area contributed by atoms with Gasteiger partial charge in [0.1, 0.15) is 6.10 Å². The fourth-order valence-corrected chi connectivity index (χ4v) is 4.58. The summed E-state index contributed by atoms with van der Waals surface area (Å²) in [7, 11) is -3.39. The first-order valence-electron chi connectivity index (χ1n) is 8.50. The van der Waals surface area contributed by atoms with Crippen LogP contribution in [0.5, 0.6) is 0 Å². The molecule has 0 unspecified atom stereocenters. The van der Waals surface area contributed by atoms with E-state index in [4.69, 9.17) is 13.9 Å². The normalized spacial score (nSPS) is 26.8. The van der Waals surface area contributed by atoms with Gasteiger partial charge in [-0.15, -0.1) is 10.2 Å². The minimum atomic E-state index is -3.39. The van der Waals surface area contributed by atoms with Gasteiger partial charge in [0, 0.05) is 25.6 Å². The van der Waals surface area contributed by atoms with Crippen molar-refractivity contribution in [2.75, 3.05) is 32.1 Å². The van der Waals surface area contributed by atoms with Crippen molar-refractivity contribution in [1.82, 2.24) is 14.5 Å². The van der Waals surface area contributed by atoms with Crippen molar-refractivity contribution in [3.05, 3.63) is 11.8 Å². The third-order valence-electron chi connectivity index (χ3n) is 4.32. The third kappa shape index (κ3) is 4.14. The Morgan fingerprint density at radius 2 is 2.04 bits per heavy atom. The van der Waals surface area contributed by atoms with E-state index in [0.717, 1.165) is 19.3 Å². The molecule has 3 heterocycles. The van der Waals surface area contributed by atoms with Crippen LogP contribution in [-0.4, -0.2) is 61.1 Å². The number of morpholine rings is 1. The number of nitrogens with zero attached hydrogens (tertiary/aromatic N) is 3. The average molecular weight is 359 g/mol. The zero-order valence-corrected chi connectivity index (χ0v) is 15.0. The van der Waals surface area contributed by atoms with Crippen LogP contribution in [0.4, 0.5) is 0 Å². The standard InChI is InChI=1S/C15H25N3O5S/c1-11(2)14-16-17-15(23-14)13-9-18(6-8-22-13)24(19,20)10-12-5-3-4-7-21-12/h11-13H,3-10H2,1-2H3/t12-,13-/m1/s1. The summed E-state index contributed by atoms with van der Waals surface area (Å²) in [6, 6.07) is 0. The van der Waals surface area contributed by atoms with Crippen LogP contribution in [0.25, 0.3) is 0 Å². The SMILES string of the molecule is CC(C)c1nnc([C@H]2CN(S(=O)(=O)C[C@H]3CCCCO3)CCO2)o1. The van der Waals surface area contributed by atoms with Crippen molar-refractivity contribution >= 4 is 10.0 Å². The molecule has 2 aliphatic heterocycles. The van der Waals surface area contributed by atoms with Crippen molar-refractivity contribution in [2.24, 2.45) is 0 Å². The lowest BCUT2D eigenvalue weighted by molar-refractivity contribution is -0.0189. The fourth-order valence-electron chi connectivity index (χ4n) is 2.92. The molecule has 8 nitrogen and oxygen atoms in total. The molecule has 2 saturated heterocycles. The monoisotopic (exact) mass is 359 g/mol. The number of rotatable bonds is 5. The molecule has 0 radical (unpaired) electrons. The van der Waals surface area contributed by atoms with Crippen LogP contribution in [0.2, 0.25) is 0 Å². The van der Waals surface area contributed by atoms with E-state index in [1.165, 1.54) is 4.31 Å². The molecule has 0 bridgehead atoms. The van der Waals surface area contributed by atoms with Gasteiger partial charge < -0.3 is 13.9 Å². The second-order valence-electron chi connectivity index (χ2n) is 6.62. The Bertz CT molecular complexity index is 639. The number of aromatic nitrogens is 2. The molecule has 0 amide bonds. The second-order valence-corrected chi connectivity index (χ2v) is 8.63. The molecule has 0 aliphatic carbocycles. The molecule has 3 rings (SSSR count). The van der Waals surface area contributed by atoms with E-state index >= 15 is 0 Å². The summed E-state index contributed by atoms with van der Waals surface area (Å²) in [5.41, 5.74) is 0. The lowest BCUT2D eigenvalue weighted by Crippen LogP contribution is -2.45. The van der Waals surface area contributed by atoms with E-state index in [1.54, 1.807) is 0 Å². The van der Waals surface area contributed by atoms with Gasteiger partial charge in [-0.1, -0.05) is 13.8 Å². The van der Waals surface area contributed by atoms with Crippen LogP contribution in [0.1, 0.15) is 56.9 Å². The largest absolute Gasteiger partial charge is 0.422 e. The molecule has 1 aromatic rings. The molecular weight excluding hydrogens is 334 g/mol. The van der Waals surface area contributed by atoms with Gasteiger partial charge in [0.05, 0.1) is 18.5 Å². The summed E-state index contributed by atoms with van der Waals surface area (Å²) in [6.07, 6.45) is 2.10. The van der Waals surface area contributed by atoms with Crippen molar-refractivity contribution in [1.29, 1.82) is 0 Å². The van der Waals surface area contributed by atoms with E-state index in [0.29, 0.717) is 31.5 Å². The van der Waals surface area contributed by atoms with Gasteiger partial charge in [0.25, 0.3) is 0 Å². The molecule has 0 saturated carbocycles. The number of hydrogen-bond acceptors (Lipinski definition) is 7. The molecule has 0 aromatic carbocycles. The molecule has 1 aromatic heterocycles. The summed E-state index contributed by atoms with van der Waals surface area (Å²) in [4.78, 5) is 0. The molecule has 24 heavy (non-hydrogen) atoms. The second kappa shape index (κ2) is 7.47. The highest BCUT2D eigenvalue weighted by atomic mass is 32.2. The first-order valence-corrected chi connectivity index (χ1v) is 10.1. The zero-order valence-electron chi connectivity index (χ0n) is 14.2. The highest BCUT2D eigenvalue weighted by molar-refractivity contribution is 7.89. The molecule has 0 spiro atoms. The number of hydrogen-bond donors (Lipinski definition) is 0. The maximum absolute atomic E-state index is 12.7. The predicted octanol–water partition coefficient (Wildman–Crippen LogP) is 1.47. The van der Waals surface area contributed by atoms with Crippen LogP contribution in [0.15, 0.2) is 4.42 Å². The highest BCUT2D eigenvalue weighted by Gasteiger charge is 2.35. The molecule has 2 fully saturated rings. The Labute approximate surface area is 142 Å². The van der Waals surface area contributed by atoms with E-state index in [9.17, 15) is 8.42 Å². The minimum Gasteiger partial charge on any atom is -0.422 e. The van der Waals surface area contributed by atoms with E-state index in [1.807, 2.05) is 13.8 Å². The Kier molecular flexibility index (Phi) is 5.53. The Morgan fingerprint density at radius 1 is 1.21 bits per heavy atom. The Morgan fingerprint density at radius 3 is 2.71 bits per heavy atom. The van der Waals surface area contributed by atoms with Crippen molar-refractivity contribution in [3.63, 3.8) is 0 Å². The average Bonchev–Trinajstić information content (AvgIpc) is 3.06. The molecular formula is C15H25N3O5S. The Balaban J connectivity index is 1.65. The van der Waals surface area contributed by atoms with Crippen LogP contribution >= 0.6 is 0 Å². The molecule has 2 aliphatic rings. The van der Waals surface area contributed by atoms with E-state index in [-0.39, 0.29) is 24.3 Å². The van der Waals surface area contributed by atoms with Gasteiger partial charge in [-0.3, -0.25) is 0 Å². The predicted molar refractivity (Wildman–Crippen MR) is 86.0 cm³/mol. The molecule has 9 heteroatoms. The van der Waals surface area contributed by atoms with Gasteiger partial charge in [0.15, 0.2) is 0 Å². The van der Waals surface area contributed by atoms with Crippen LogP contribution in [-0.2, 0) is 19.5 Å². The molecule has 0 N–H and O–H groups in total. The smallest absolute Gasteiger partial charge is 0.246 e. The minimum absolute atomic E-state index is 0.0286. The zero-order chi connectivity index (χ0) is 17.2. The number of ether oxygens (including phenoxy) is 2. The summed E-state index contributed by atoms with van der Waals surface area (Å²) in [5.74, 6) is 1.02. The Hall–Kier alpha value is -1.03. The summed E-state index contributed by atoms with van der Waals surface area (Å²) in [6.45, 7) is 5.42. The summed E-state index contributed by atoms with van der Waals surface area (Å²) >= 11 is 0. The van der Waals surface area contributed by atoms with E-state index < -0.39 is 16.1 Å². The maximum Gasteiger partial charge on any atom is 0.246 e. The highest BCUT2D eigenvalue weighted by Crippen LogP contribution is 2.26. The van der Waals surface area contributed by atoms with Crippen molar-refractivity contribution in [2.45, 2.75) is 51.2 Å². The quantitative estimate of drug-likeness (QED) is 0.785. The van der Waals surface area contributed by atoms with Crippen LogP contribution in [0, 0.1) is 0 Å². The third-order valence-corrected chi connectivity index (χ3v) is 6.23. The lowest BCUT2D eigenvalue weighted by Gasteiger charge is -2.32. The topological polar surface area (TPSA) is 94.8 Å². The van der Waals surface area contributed by atoms with E-state index in [2.05, 4.69) is 10.2 Å². The molecule has 136 valence electrons. The molecule has 2 atom stereocenters. The number of sulfonamides is 1. The first-order chi connectivity index (χ1) is 11.5. The van der Waals surface area contributed by atoms with Gasteiger partial charge in [-0.25, -0.2) is 8.42 Å². The summed E-state index contributed by atoms with van der Waals surface area (Å²) in [5, 5.41) is 7.99. The lowest BCUT2D eigenvalue weighted by atomic mass is 10.1.